The van der Waals surface area contributed by atoms with Crippen LogP contribution in [0.3, 0.4) is 0 Å². The number of hydrogen-bond donors (Lipinski definition) is 0. The van der Waals surface area contributed by atoms with E-state index in [9.17, 15) is 13.2 Å². The van der Waals surface area contributed by atoms with Crippen molar-refractivity contribution in [1.29, 1.82) is 0 Å². The molecule has 0 fully saturated rings. The number of benzene rings is 2. The van der Waals surface area contributed by atoms with Gasteiger partial charge in [-0.15, -0.1) is 12.4 Å². The number of hydrogen-bond acceptors (Lipinski definition) is 7. The summed E-state index contributed by atoms with van der Waals surface area (Å²) in [6, 6.07) is 13.5. The zero-order valence-electron chi connectivity index (χ0n) is 16.9. The minimum Gasteiger partial charge on any atom is -0.497 e. The minimum atomic E-state index is -3.74. The maximum absolute atomic E-state index is 13.0. The van der Waals surface area contributed by atoms with Gasteiger partial charge in [0.25, 0.3) is 0 Å². The van der Waals surface area contributed by atoms with Crippen LogP contribution in [0.1, 0.15) is 0 Å². The van der Waals surface area contributed by atoms with Crippen LogP contribution in [0.2, 0.25) is 0 Å². The van der Waals surface area contributed by atoms with Crippen LogP contribution in [-0.4, -0.2) is 64.3 Å². The Bertz CT molecular complexity index is 1100. The van der Waals surface area contributed by atoms with Crippen molar-refractivity contribution in [2.24, 2.45) is 0 Å². The van der Waals surface area contributed by atoms with E-state index in [1.54, 1.807) is 31.4 Å². The van der Waals surface area contributed by atoms with Crippen LogP contribution >= 0.6 is 23.7 Å². The SMILES string of the molecule is COc1ccc2nc(N(CCN(C)C)C(=O)CS(=O)(=O)c3ccccc3)sc2c1.Cl. The van der Waals surface area contributed by atoms with Crippen LogP contribution < -0.4 is 9.64 Å². The highest BCUT2D eigenvalue weighted by molar-refractivity contribution is 7.92. The molecule has 0 atom stereocenters. The smallest absolute Gasteiger partial charge is 0.244 e. The molecule has 0 radical (unpaired) electrons. The van der Waals surface area contributed by atoms with Gasteiger partial charge in [0.2, 0.25) is 5.91 Å². The number of rotatable bonds is 8. The number of aromatic nitrogens is 1. The molecule has 3 aromatic rings. The lowest BCUT2D eigenvalue weighted by molar-refractivity contribution is -0.116. The van der Waals surface area contributed by atoms with E-state index in [-0.39, 0.29) is 17.3 Å². The first-order valence-corrected chi connectivity index (χ1v) is 11.4. The van der Waals surface area contributed by atoms with Gasteiger partial charge in [-0.3, -0.25) is 9.69 Å². The van der Waals surface area contributed by atoms with Crippen molar-refractivity contribution in [1.82, 2.24) is 9.88 Å². The van der Waals surface area contributed by atoms with Crippen LogP contribution in [0.25, 0.3) is 10.2 Å². The number of likely N-dealkylation sites (N-methyl/N-ethyl adjacent to an activating group) is 1. The maximum Gasteiger partial charge on any atom is 0.244 e. The summed E-state index contributed by atoms with van der Waals surface area (Å²) in [5.41, 5.74) is 0.736. The van der Waals surface area contributed by atoms with Gasteiger partial charge in [0, 0.05) is 13.1 Å². The fourth-order valence-corrected chi connectivity index (χ4v) is 4.97. The molecule has 1 heterocycles. The van der Waals surface area contributed by atoms with Crippen LogP contribution in [-0.2, 0) is 14.6 Å². The van der Waals surface area contributed by atoms with Gasteiger partial charge in [0.15, 0.2) is 15.0 Å². The Labute approximate surface area is 186 Å². The van der Waals surface area contributed by atoms with Crippen LogP contribution in [0.5, 0.6) is 5.75 Å². The van der Waals surface area contributed by atoms with Gasteiger partial charge in [-0.05, 0) is 44.4 Å². The third-order valence-electron chi connectivity index (χ3n) is 4.30. The van der Waals surface area contributed by atoms with Gasteiger partial charge < -0.3 is 9.64 Å². The van der Waals surface area contributed by atoms with E-state index in [4.69, 9.17) is 4.74 Å². The normalized spacial score (nSPS) is 11.3. The molecule has 0 aliphatic carbocycles. The largest absolute Gasteiger partial charge is 0.497 e. The summed E-state index contributed by atoms with van der Waals surface area (Å²) in [7, 11) is 1.64. The number of carbonyl (C=O) groups excluding carboxylic acids is 1. The molecule has 1 aromatic heterocycles. The predicted molar refractivity (Wildman–Crippen MR) is 123 cm³/mol. The molecule has 0 N–H and O–H groups in total. The van der Waals surface area contributed by atoms with Crippen molar-refractivity contribution in [3.63, 3.8) is 0 Å². The average Bonchev–Trinajstić information content (AvgIpc) is 3.10. The number of amides is 1. The first kappa shape index (κ1) is 24.1. The number of nitrogens with zero attached hydrogens (tertiary/aromatic N) is 3. The highest BCUT2D eigenvalue weighted by atomic mass is 35.5. The Morgan fingerprint density at radius 3 is 2.43 bits per heavy atom. The fourth-order valence-electron chi connectivity index (χ4n) is 2.71. The number of methoxy groups -OCH3 is 1. The van der Waals surface area contributed by atoms with Gasteiger partial charge in [0.05, 0.1) is 22.2 Å². The van der Waals surface area contributed by atoms with Gasteiger partial charge in [-0.2, -0.15) is 0 Å². The molecule has 0 aliphatic rings. The number of halogens is 1. The predicted octanol–water partition coefficient (Wildman–Crippen LogP) is 3.10. The zero-order valence-corrected chi connectivity index (χ0v) is 19.4. The van der Waals surface area contributed by atoms with E-state index < -0.39 is 21.5 Å². The molecule has 30 heavy (non-hydrogen) atoms. The number of carbonyl (C=O) groups is 1. The van der Waals surface area contributed by atoms with E-state index >= 15 is 0 Å². The minimum absolute atomic E-state index is 0. The first-order valence-electron chi connectivity index (χ1n) is 8.97. The second-order valence-corrected chi connectivity index (χ2v) is 9.75. The third-order valence-corrected chi connectivity index (χ3v) is 6.96. The summed E-state index contributed by atoms with van der Waals surface area (Å²) in [6.45, 7) is 0.920. The molecule has 0 bridgehead atoms. The van der Waals surface area contributed by atoms with E-state index in [1.807, 2.05) is 31.1 Å². The highest BCUT2D eigenvalue weighted by Crippen LogP contribution is 2.31. The molecule has 2 aromatic carbocycles. The molecule has 0 spiro atoms. The number of anilines is 1. The second-order valence-electron chi connectivity index (χ2n) is 6.75. The van der Waals surface area contributed by atoms with E-state index in [1.165, 1.54) is 28.4 Å². The Balaban J connectivity index is 0.00000320. The lowest BCUT2D eigenvalue weighted by atomic mass is 10.3. The van der Waals surface area contributed by atoms with E-state index in [0.29, 0.717) is 24.0 Å². The van der Waals surface area contributed by atoms with Crippen molar-refractivity contribution in [2.75, 3.05) is 44.9 Å². The average molecular weight is 470 g/mol. The molecule has 162 valence electrons. The number of sulfone groups is 1. The number of thiazole rings is 1. The topological polar surface area (TPSA) is 79.8 Å². The Morgan fingerprint density at radius 1 is 1.10 bits per heavy atom. The Morgan fingerprint density at radius 2 is 1.80 bits per heavy atom. The maximum atomic E-state index is 13.0. The monoisotopic (exact) mass is 469 g/mol. The van der Waals surface area contributed by atoms with Crippen LogP contribution in [0.4, 0.5) is 5.13 Å². The van der Waals surface area contributed by atoms with Gasteiger partial charge >= 0.3 is 0 Å². The number of ether oxygens (including phenoxy) is 1. The zero-order chi connectivity index (χ0) is 21.0. The van der Waals surface area contributed by atoms with Crippen molar-refractivity contribution < 1.29 is 17.9 Å². The lowest BCUT2D eigenvalue weighted by Gasteiger charge is -2.22. The van der Waals surface area contributed by atoms with Crippen molar-refractivity contribution in [3.05, 3.63) is 48.5 Å². The van der Waals surface area contributed by atoms with Gasteiger partial charge in [-0.1, -0.05) is 29.5 Å². The molecular weight excluding hydrogens is 446 g/mol. The summed E-state index contributed by atoms with van der Waals surface area (Å²) < 4.78 is 31.5. The molecule has 3 rings (SSSR count). The molecule has 7 nitrogen and oxygen atoms in total. The molecular formula is C20H24ClN3O4S2. The molecule has 0 aliphatic heterocycles. The van der Waals surface area contributed by atoms with E-state index in [2.05, 4.69) is 4.98 Å². The third kappa shape index (κ3) is 5.69. The summed E-state index contributed by atoms with van der Waals surface area (Å²) in [4.78, 5) is 21.1. The molecule has 0 saturated heterocycles. The fraction of sp³-hybridized carbons (Fsp3) is 0.300. The molecule has 0 unspecified atom stereocenters. The lowest BCUT2D eigenvalue weighted by Crippen LogP contribution is -2.40. The summed E-state index contributed by atoms with van der Waals surface area (Å²) in [5.74, 6) is -0.406. The van der Waals surface area contributed by atoms with Gasteiger partial charge in [0.1, 0.15) is 11.5 Å². The Kier molecular flexibility index (Phi) is 8.19. The van der Waals surface area contributed by atoms with Crippen LogP contribution in [0.15, 0.2) is 53.4 Å². The highest BCUT2D eigenvalue weighted by Gasteiger charge is 2.26. The van der Waals surface area contributed by atoms with Gasteiger partial charge in [-0.25, -0.2) is 13.4 Å². The Hall–Kier alpha value is -2.20. The van der Waals surface area contributed by atoms with Crippen molar-refractivity contribution in [2.45, 2.75) is 4.90 Å². The molecule has 0 saturated carbocycles. The molecule has 10 heteroatoms. The standard InChI is InChI=1S/C20H23N3O4S2.ClH/c1-22(2)11-12-23(19(24)14-29(25,26)16-7-5-4-6-8-16)20-21-17-10-9-15(27-3)13-18(17)28-20;/h4-10,13H,11-12,14H2,1-3H3;1H. The van der Waals surface area contributed by atoms with Crippen molar-refractivity contribution >= 4 is 54.8 Å². The van der Waals surface area contributed by atoms with Crippen LogP contribution in [0, 0.1) is 0 Å². The summed E-state index contributed by atoms with van der Waals surface area (Å²) in [5, 5.41) is 0.475. The quantitative estimate of drug-likeness (QED) is 0.504. The summed E-state index contributed by atoms with van der Waals surface area (Å²) >= 11 is 1.34. The van der Waals surface area contributed by atoms with Crippen molar-refractivity contribution in [3.8, 4) is 5.75 Å². The summed E-state index contributed by atoms with van der Waals surface area (Å²) in [6.07, 6.45) is 0. The van der Waals surface area contributed by atoms with E-state index in [0.717, 1.165) is 10.2 Å². The second kappa shape index (κ2) is 10.2. The number of fused-ring (bicyclic) bond motifs is 1. The molecule has 1 amide bonds. The first-order chi connectivity index (χ1) is 13.8.